The highest BCUT2D eigenvalue weighted by molar-refractivity contribution is 9.10. The molecule has 0 saturated heterocycles. The number of rotatable bonds is 6. The predicted molar refractivity (Wildman–Crippen MR) is 72.2 cm³/mol. The van der Waals surface area contributed by atoms with Crippen molar-refractivity contribution in [2.75, 3.05) is 6.61 Å². The molecule has 0 fully saturated rings. The van der Waals surface area contributed by atoms with Crippen LogP contribution in [0.5, 0.6) is 0 Å². The molecule has 8 heteroatoms. The first-order chi connectivity index (χ1) is 8.74. The molecule has 0 spiro atoms. The fraction of sp³-hybridized carbons (Fsp3) is 0.364. The Balaban J connectivity index is 2.96. The van der Waals surface area contributed by atoms with E-state index in [9.17, 15) is 13.2 Å². The Kier molecular flexibility index (Phi) is 5.48. The summed E-state index contributed by atoms with van der Waals surface area (Å²) < 4.78 is 24.0. The number of hydrogen-bond donors (Lipinski definition) is 2. The number of benzene rings is 1. The van der Waals surface area contributed by atoms with Crippen LogP contribution in [0.2, 0.25) is 0 Å². The smallest absolute Gasteiger partial charge is 0.336 e. The maximum absolute atomic E-state index is 11.9. The molecule has 0 unspecified atom stereocenters. The number of carboxylic acids is 1. The summed E-state index contributed by atoms with van der Waals surface area (Å²) in [6.07, 6.45) is 0. The van der Waals surface area contributed by atoms with Gasteiger partial charge in [0.05, 0.1) is 17.1 Å². The molecule has 2 N–H and O–H groups in total. The lowest BCUT2D eigenvalue weighted by atomic mass is 10.2. The van der Waals surface area contributed by atoms with Crippen LogP contribution in [-0.4, -0.2) is 26.1 Å². The first kappa shape index (κ1) is 16.1. The summed E-state index contributed by atoms with van der Waals surface area (Å²) in [5.74, 6) is -1.05. The first-order valence-electron chi connectivity index (χ1n) is 5.40. The van der Waals surface area contributed by atoms with Crippen molar-refractivity contribution in [3.05, 3.63) is 28.2 Å². The molecule has 0 aromatic heterocycles. The second-order valence-electron chi connectivity index (χ2n) is 4.24. The monoisotopic (exact) mass is 351 g/mol. The summed E-state index contributed by atoms with van der Waals surface area (Å²) in [6.45, 7) is 3.97. The average molecular weight is 352 g/mol. The second-order valence-corrected chi connectivity index (χ2v) is 6.74. The van der Waals surface area contributed by atoms with E-state index in [1.807, 2.05) is 18.7 Å². The highest BCUT2D eigenvalue weighted by Crippen LogP contribution is 2.21. The van der Waals surface area contributed by atoms with Gasteiger partial charge in [-0.15, -0.1) is 0 Å². The van der Waals surface area contributed by atoms with E-state index in [4.69, 9.17) is 9.94 Å². The van der Waals surface area contributed by atoms with Crippen LogP contribution in [0.4, 0.5) is 0 Å². The van der Waals surface area contributed by atoms with Gasteiger partial charge in [0.2, 0.25) is 0 Å². The SMILES string of the molecule is CC(C)CONS(=O)(=O)c1ccc(Br)c(C(=O)O)c1. The van der Waals surface area contributed by atoms with Gasteiger partial charge in [0.15, 0.2) is 0 Å². The van der Waals surface area contributed by atoms with Crippen LogP contribution in [0.25, 0.3) is 0 Å². The largest absolute Gasteiger partial charge is 0.478 e. The van der Waals surface area contributed by atoms with Gasteiger partial charge in [-0.25, -0.2) is 13.2 Å². The predicted octanol–water partition coefficient (Wildman–Crippen LogP) is 2.01. The standard InChI is InChI=1S/C11H14BrNO5S/c1-7(2)6-18-13-19(16,17)8-3-4-10(12)9(5-8)11(14)15/h3-5,7,13H,6H2,1-2H3,(H,14,15). The first-order valence-corrected chi connectivity index (χ1v) is 7.68. The van der Waals surface area contributed by atoms with Gasteiger partial charge in [-0.05, 0) is 40.0 Å². The maximum Gasteiger partial charge on any atom is 0.336 e. The van der Waals surface area contributed by atoms with Gasteiger partial charge in [-0.3, -0.25) is 4.84 Å². The molecule has 0 heterocycles. The number of nitrogens with one attached hydrogen (secondary N) is 1. The van der Waals surface area contributed by atoms with Crippen LogP contribution in [0, 0.1) is 5.92 Å². The van der Waals surface area contributed by atoms with Gasteiger partial charge in [0.1, 0.15) is 0 Å². The molecule has 6 nitrogen and oxygen atoms in total. The van der Waals surface area contributed by atoms with Gasteiger partial charge >= 0.3 is 5.97 Å². The Morgan fingerprint density at radius 1 is 1.47 bits per heavy atom. The molecule has 0 atom stereocenters. The van der Waals surface area contributed by atoms with Crippen LogP contribution in [0.15, 0.2) is 27.6 Å². The number of halogens is 1. The van der Waals surface area contributed by atoms with E-state index in [-0.39, 0.29) is 23.0 Å². The van der Waals surface area contributed by atoms with E-state index in [0.717, 1.165) is 6.07 Å². The second kappa shape index (κ2) is 6.47. The normalized spacial score (nSPS) is 11.8. The quantitative estimate of drug-likeness (QED) is 0.764. The van der Waals surface area contributed by atoms with Crippen LogP contribution in [0.3, 0.4) is 0 Å². The minimum atomic E-state index is -3.89. The summed E-state index contributed by atoms with van der Waals surface area (Å²) in [6, 6.07) is 3.71. The van der Waals surface area contributed by atoms with Gasteiger partial charge in [-0.1, -0.05) is 18.7 Å². The van der Waals surface area contributed by atoms with Crippen LogP contribution in [-0.2, 0) is 14.9 Å². The van der Waals surface area contributed by atoms with E-state index in [1.165, 1.54) is 12.1 Å². The van der Waals surface area contributed by atoms with E-state index in [1.54, 1.807) is 0 Å². The average Bonchev–Trinajstić information content (AvgIpc) is 2.27. The highest BCUT2D eigenvalue weighted by atomic mass is 79.9. The number of carbonyl (C=O) groups is 1. The summed E-state index contributed by atoms with van der Waals surface area (Å²) in [5, 5.41) is 8.93. The lowest BCUT2D eigenvalue weighted by molar-refractivity contribution is 0.0695. The summed E-state index contributed by atoms with van der Waals surface area (Å²) >= 11 is 3.04. The number of carboxylic acid groups (broad SMARTS) is 1. The maximum atomic E-state index is 11.9. The van der Waals surface area contributed by atoms with Crippen molar-refractivity contribution in [1.29, 1.82) is 0 Å². The van der Waals surface area contributed by atoms with Gasteiger partial charge in [0.25, 0.3) is 10.0 Å². The lowest BCUT2D eigenvalue weighted by Gasteiger charge is -2.09. The van der Waals surface area contributed by atoms with Crippen molar-refractivity contribution in [2.45, 2.75) is 18.7 Å². The molecule has 0 bridgehead atoms. The number of sulfonamides is 1. The van der Waals surface area contributed by atoms with Crippen LogP contribution < -0.4 is 4.89 Å². The zero-order valence-corrected chi connectivity index (χ0v) is 12.8. The molecule has 1 aromatic carbocycles. The van der Waals surface area contributed by atoms with Crippen molar-refractivity contribution in [1.82, 2.24) is 4.89 Å². The minimum absolute atomic E-state index is 0.133. The molecular weight excluding hydrogens is 338 g/mol. The van der Waals surface area contributed by atoms with E-state index in [2.05, 4.69) is 15.9 Å². The van der Waals surface area contributed by atoms with E-state index >= 15 is 0 Å². The highest BCUT2D eigenvalue weighted by Gasteiger charge is 2.18. The Morgan fingerprint density at radius 3 is 2.63 bits per heavy atom. The molecule has 1 rings (SSSR count). The zero-order chi connectivity index (χ0) is 14.6. The van der Waals surface area contributed by atoms with Crippen LogP contribution in [0.1, 0.15) is 24.2 Å². The molecule has 0 amide bonds. The Labute approximate surface area is 119 Å². The molecule has 1 aromatic rings. The molecule has 0 aliphatic carbocycles. The third-order valence-electron chi connectivity index (χ3n) is 2.06. The fourth-order valence-corrected chi connectivity index (χ4v) is 2.42. The van der Waals surface area contributed by atoms with Gasteiger partial charge < -0.3 is 5.11 Å². The third-order valence-corrected chi connectivity index (χ3v) is 3.97. The molecule has 106 valence electrons. The fourth-order valence-electron chi connectivity index (χ4n) is 1.16. The van der Waals surface area contributed by atoms with Crippen molar-refractivity contribution < 1.29 is 23.2 Å². The topological polar surface area (TPSA) is 92.7 Å². The van der Waals surface area contributed by atoms with Gasteiger partial charge in [0, 0.05) is 4.47 Å². The summed E-state index contributed by atoms with van der Waals surface area (Å²) in [7, 11) is -3.89. The van der Waals surface area contributed by atoms with Crippen molar-refractivity contribution >= 4 is 31.9 Å². The molecular formula is C11H14BrNO5S. The Hall–Kier alpha value is -0.960. The van der Waals surface area contributed by atoms with Crippen molar-refractivity contribution in [3.63, 3.8) is 0 Å². The number of hydrogen-bond acceptors (Lipinski definition) is 4. The summed E-state index contributed by atoms with van der Waals surface area (Å²) in [4.78, 5) is 17.6. The Morgan fingerprint density at radius 2 is 2.11 bits per heavy atom. The Bertz CT molecular complexity index is 570. The van der Waals surface area contributed by atoms with E-state index in [0.29, 0.717) is 4.47 Å². The molecule has 0 aliphatic heterocycles. The summed E-state index contributed by atoms with van der Waals surface area (Å²) in [5.41, 5.74) is -0.133. The van der Waals surface area contributed by atoms with Crippen LogP contribution >= 0.6 is 15.9 Å². The van der Waals surface area contributed by atoms with Crippen molar-refractivity contribution in [2.24, 2.45) is 5.92 Å². The molecule has 19 heavy (non-hydrogen) atoms. The van der Waals surface area contributed by atoms with Crippen molar-refractivity contribution in [3.8, 4) is 0 Å². The lowest BCUT2D eigenvalue weighted by Crippen LogP contribution is -2.26. The molecule has 0 aliphatic rings. The van der Waals surface area contributed by atoms with E-state index < -0.39 is 16.0 Å². The zero-order valence-electron chi connectivity index (χ0n) is 10.4. The molecule has 0 radical (unpaired) electrons. The van der Waals surface area contributed by atoms with Gasteiger partial charge in [-0.2, -0.15) is 0 Å². The molecule has 0 saturated carbocycles. The third kappa shape index (κ3) is 4.57. The number of aromatic carboxylic acids is 1. The minimum Gasteiger partial charge on any atom is -0.478 e.